The molecule has 1 atom stereocenters. The minimum absolute atomic E-state index is 0.104. The summed E-state index contributed by atoms with van der Waals surface area (Å²) in [6.45, 7) is 3.32. The van der Waals surface area contributed by atoms with Crippen LogP contribution in [0.5, 0.6) is 0 Å². The zero-order valence-corrected chi connectivity index (χ0v) is 13.2. The van der Waals surface area contributed by atoms with E-state index in [1.807, 2.05) is 24.3 Å². The summed E-state index contributed by atoms with van der Waals surface area (Å²) in [6, 6.07) is 15.0. The Morgan fingerprint density at radius 3 is 2.52 bits per heavy atom. The predicted molar refractivity (Wildman–Crippen MR) is 84.5 cm³/mol. The zero-order valence-electron chi connectivity index (χ0n) is 11.6. The predicted octanol–water partition coefficient (Wildman–Crippen LogP) is 4.16. The van der Waals surface area contributed by atoms with Gasteiger partial charge in [-0.3, -0.25) is 4.90 Å². The maximum absolute atomic E-state index is 12.9. The maximum Gasteiger partial charge on any atom is 0.123 e. The van der Waals surface area contributed by atoms with Gasteiger partial charge in [-0.15, -0.1) is 0 Å². The van der Waals surface area contributed by atoms with Gasteiger partial charge in [-0.1, -0.05) is 40.2 Å². The van der Waals surface area contributed by atoms with Crippen molar-refractivity contribution >= 4 is 15.9 Å². The highest BCUT2D eigenvalue weighted by molar-refractivity contribution is 9.10. The van der Waals surface area contributed by atoms with Crippen molar-refractivity contribution in [3.05, 3.63) is 69.9 Å². The first-order valence-corrected chi connectivity index (χ1v) is 7.84. The Kier molecular flexibility index (Phi) is 4.68. The van der Waals surface area contributed by atoms with Crippen molar-refractivity contribution < 1.29 is 9.13 Å². The van der Waals surface area contributed by atoms with Crippen LogP contribution in [0.2, 0.25) is 0 Å². The summed E-state index contributed by atoms with van der Waals surface area (Å²) in [5.74, 6) is -0.187. The van der Waals surface area contributed by atoms with Gasteiger partial charge >= 0.3 is 0 Å². The van der Waals surface area contributed by atoms with E-state index < -0.39 is 0 Å². The van der Waals surface area contributed by atoms with E-state index in [1.54, 1.807) is 0 Å². The third-order valence-electron chi connectivity index (χ3n) is 3.71. The SMILES string of the molecule is Fc1ccc(CN2CCOC(c3ccc(Br)cc3)C2)cc1. The first kappa shape index (κ1) is 14.7. The summed E-state index contributed by atoms with van der Waals surface area (Å²) < 4.78 is 19.9. The van der Waals surface area contributed by atoms with Gasteiger partial charge in [0.15, 0.2) is 0 Å². The van der Waals surface area contributed by atoms with Gasteiger partial charge in [-0.25, -0.2) is 4.39 Å². The topological polar surface area (TPSA) is 12.5 Å². The van der Waals surface area contributed by atoms with Crippen LogP contribution in [0.4, 0.5) is 4.39 Å². The second-order valence-electron chi connectivity index (χ2n) is 5.27. The molecule has 0 saturated carbocycles. The van der Waals surface area contributed by atoms with Crippen molar-refractivity contribution in [2.45, 2.75) is 12.6 Å². The third-order valence-corrected chi connectivity index (χ3v) is 4.24. The summed E-state index contributed by atoms with van der Waals surface area (Å²) in [5.41, 5.74) is 2.33. The lowest BCUT2D eigenvalue weighted by Crippen LogP contribution is -2.37. The molecular weight excluding hydrogens is 333 g/mol. The van der Waals surface area contributed by atoms with Gasteiger partial charge in [0.05, 0.1) is 12.7 Å². The second kappa shape index (κ2) is 6.69. The molecule has 0 radical (unpaired) electrons. The summed E-state index contributed by atoms with van der Waals surface area (Å²) >= 11 is 3.45. The zero-order chi connectivity index (χ0) is 14.7. The van der Waals surface area contributed by atoms with E-state index in [4.69, 9.17) is 4.74 Å². The Hall–Kier alpha value is -1.23. The molecule has 0 amide bonds. The highest BCUT2D eigenvalue weighted by Crippen LogP contribution is 2.24. The van der Waals surface area contributed by atoms with Crippen LogP contribution >= 0.6 is 15.9 Å². The normalized spacial score (nSPS) is 19.6. The molecule has 1 fully saturated rings. The van der Waals surface area contributed by atoms with Crippen LogP contribution in [-0.4, -0.2) is 24.6 Å². The lowest BCUT2D eigenvalue weighted by molar-refractivity contribution is -0.0329. The molecule has 4 heteroatoms. The van der Waals surface area contributed by atoms with Gasteiger partial charge in [0, 0.05) is 24.1 Å². The lowest BCUT2D eigenvalue weighted by atomic mass is 10.1. The fraction of sp³-hybridized carbons (Fsp3) is 0.294. The molecule has 1 saturated heterocycles. The number of rotatable bonds is 3. The van der Waals surface area contributed by atoms with Crippen molar-refractivity contribution in [1.29, 1.82) is 0 Å². The Morgan fingerprint density at radius 1 is 1.10 bits per heavy atom. The monoisotopic (exact) mass is 349 g/mol. The molecule has 1 aliphatic rings. The molecule has 0 spiro atoms. The van der Waals surface area contributed by atoms with E-state index in [9.17, 15) is 4.39 Å². The molecule has 1 aliphatic heterocycles. The summed E-state index contributed by atoms with van der Waals surface area (Å²) in [5, 5.41) is 0. The number of ether oxygens (including phenoxy) is 1. The highest BCUT2D eigenvalue weighted by atomic mass is 79.9. The quantitative estimate of drug-likeness (QED) is 0.824. The number of halogens is 2. The molecule has 0 aliphatic carbocycles. The van der Waals surface area contributed by atoms with Crippen molar-refractivity contribution in [1.82, 2.24) is 4.90 Å². The van der Waals surface area contributed by atoms with Crippen molar-refractivity contribution in [3.63, 3.8) is 0 Å². The Bertz CT molecular complexity index is 585. The standard InChI is InChI=1S/C17H17BrFNO/c18-15-5-3-14(4-6-15)17-12-20(9-10-21-17)11-13-1-7-16(19)8-2-13/h1-8,17H,9-12H2. The molecule has 0 bridgehead atoms. The molecule has 2 aromatic rings. The van der Waals surface area contributed by atoms with Gasteiger partial charge < -0.3 is 4.74 Å². The third kappa shape index (κ3) is 3.90. The van der Waals surface area contributed by atoms with Gasteiger partial charge in [0.1, 0.15) is 5.82 Å². The second-order valence-corrected chi connectivity index (χ2v) is 6.19. The molecule has 0 aromatic heterocycles. The first-order chi connectivity index (χ1) is 10.2. The summed E-state index contributed by atoms with van der Waals surface area (Å²) in [7, 11) is 0. The minimum atomic E-state index is -0.187. The number of hydrogen-bond acceptors (Lipinski definition) is 2. The molecule has 1 unspecified atom stereocenters. The fourth-order valence-corrected chi connectivity index (χ4v) is 2.84. The molecular formula is C17H17BrFNO. The highest BCUT2D eigenvalue weighted by Gasteiger charge is 2.21. The fourth-order valence-electron chi connectivity index (χ4n) is 2.57. The van der Waals surface area contributed by atoms with Crippen LogP contribution in [0.3, 0.4) is 0 Å². The van der Waals surface area contributed by atoms with E-state index in [2.05, 4.69) is 33.0 Å². The molecule has 1 heterocycles. The largest absolute Gasteiger partial charge is 0.371 e. The van der Waals surface area contributed by atoms with Gasteiger partial charge in [0.2, 0.25) is 0 Å². The maximum atomic E-state index is 12.9. The van der Waals surface area contributed by atoms with E-state index >= 15 is 0 Å². The number of hydrogen-bond donors (Lipinski definition) is 0. The lowest BCUT2D eigenvalue weighted by Gasteiger charge is -2.33. The van der Waals surface area contributed by atoms with Crippen molar-refractivity contribution in [2.75, 3.05) is 19.7 Å². The van der Waals surface area contributed by atoms with E-state index in [0.717, 1.165) is 36.3 Å². The van der Waals surface area contributed by atoms with E-state index in [0.29, 0.717) is 0 Å². The Balaban J connectivity index is 1.65. The molecule has 3 rings (SSSR count). The molecule has 2 nitrogen and oxygen atoms in total. The molecule has 110 valence electrons. The van der Waals surface area contributed by atoms with Gasteiger partial charge in [-0.2, -0.15) is 0 Å². The van der Waals surface area contributed by atoms with Crippen LogP contribution in [0, 0.1) is 5.82 Å². The first-order valence-electron chi connectivity index (χ1n) is 7.04. The Labute approximate surface area is 132 Å². The van der Waals surface area contributed by atoms with E-state index in [-0.39, 0.29) is 11.9 Å². The summed E-state index contributed by atoms with van der Waals surface area (Å²) in [6.07, 6.45) is 0.104. The average molecular weight is 350 g/mol. The van der Waals surface area contributed by atoms with Crippen LogP contribution in [0.15, 0.2) is 53.0 Å². The number of nitrogens with zero attached hydrogens (tertiary/aromatic N) is 1. The Morgan fingerprint density at radius 2 is 1.81 bits per heavy atom. The smallest absolute Gasteiger partial charge is 0.123 e. The minimum Gasteiger partial charge on any atom is -0.371 e. The van der Waals surface area contributed by atoms with Crippen LogP contribution < -0.4 is 0 Å². The van der Waals surface area contributed by atoms with Crippen LogP contribution in [0.25, 0.3) is 0 Å². The average Bonchev–Trinajstić information content (AvgIpc) is 2.51. The number of morpholine rings is 1. The molecule has 21 heavy (non-hydrogen) atoms. The molecule has 2 aromatic carbocycles. The van der Waals surface area contributed by atoms with Crippen LogP contribution in [0.1, 0.15) is 17.2 Å². The van der Waals surface area contributed by atoms with Gasteiger partial charge in [-0.05, 0) is 35.4 Å². The van der Waals surface area contributed by atoms with Gasteiger partial charge in [0.25, 0.3) is 0 Å². The summed E-state index contributed by atoms with van der Waals surface area (Å²) in [4.78, 5) is 2.35. The van der Waals surface area contributed by atoms with Crippen molar-refractivity contribution in [2.24, 2.45) is 0 Å². The number of benzene rings is 2. The van der Waals surface area contributed by atoms with Crippen LogP contribution in [-0.2, 0) is 11.3 Å². The van der Waals surface area contributed by atoms with Crippen molar-refractivity contribution in [3.8, 4) is 0 Å². The van der Waals surface area contributed by atoms with E-state index in [1.165, 1.54) is 17.7 Å². The molecule has 0 N–H and O–H groups in total.